The van der Waals surface area contributed by atoms with Crippen LogP contribution >= 0.6 is 0 Å². The van der Waals surface area contributed by atoms with Gasteiger partial charge in [-0.3, -0.25) is 0 Å². The van der Waals surface area contributed by atoms with E-state index in [4.69, 9.17) is 5.73 Å². The Bertz CT molecular complexity index is 206. The standard InChI is InChI=1S/C10H19N3/c1-2-3-4-5-6-9(11)10-12-7-8-13-10/h7-9H,2-6,11H2,1H3,(H,12,13). The second-order valence-electron chi connectivity index (χ2n) is 3.43. The minimum absolute atomic E-state index is 0.0897. The van der Waals surface area contributed by atoms with E-state index in [1.54, 1.807) is 6.20 Å². The van der Waals surface area contributed by atoms with Crippen LogP contribution in [0.1, 0.15) is 50.9 Å². The molecule has 0 aliphatic heterocycles. The number of H-pyrrole nitrogens is 1. The van der Waals surface area contributed by atoms with Gasteiger partial charge in [-0.05, 0) is 6.42 Å². The second-order valence-corrected chi connectivity index (χ2v) is 3.43. The summed E-state index contributed by atoms with van der Waals surface area (Å²) in [6.45, 7) is 2.21. The first kappa shape index (κ1) is 10.3. The molecule has 0 amide bonds. The van der Waals surface area contributed by atoms with Gasteiger partial charge in [-0.2, -0.15) is 0 Å². The smallest absolute Gasteiger partial charge is 0.123 e. The fourth-order valence-electron chi connectivity index (χ4n) is 1.41. The quantitative estimate of drug-likeness (QED) is 0.662. The Labute approximate surface area is 79.8 Å². The van der Waals surface area contributed by atoms with E-state index in [1.807, 2.05) is 6.20 Å². The van der Waals surface area contributed by atoms with E-state index in [0.717, 1.165) is 12.2 Å². The van der Waals surface area contributed by atoms with Gasteiger partial charge in [0.1, 0.15) is 5.82 Å². The minimum Gasteiger partial charge on any atom is -0.347 e. The van der Waals surface area contributed by atoms with Crippen molar-refractivity contribution in [3.05, 3.63) is 18.2 Å². The lowest BCUT2D eigenvalue weighted by Gasteiger charge is -2.07. The molecule has 3 nitrogen and oxygen atoms in total. The van der Waals surface area contributed by atoms with Gasteiger partial charge in [0, 0.05) is 12.4 Å². The number of nitrogens with zero attached hydrogens (tertiary/aromatic N) is 1. The third-order valence-corrected chi connectivity index (χ3v) is 2.24. The monoisotopic (exact) mass is 181 g/mol. The number of nitrogens with one attached hydrogen (secondary N) is 1. The Balaban J connectivity index is 2.15. The first-order valence-electron chi connectivity index (χ1n) is 5.09. The SMILES string of the molecule is CCCCCCC(N)c1ncc[nH]1. The molecule has 3 N–H and O–H groups in total. The molecule has 0 saturated heterocycles. The number of imidazole rings is 1. The molecule has 0 aliphatic rings. The van der Waals surface area contributed by atoms with Gasteiger partial charge in [0.15, 0.2) is 0 Å². The summed E-state index contributed by atoms with van der Waals surface area (Å²) in [6, 6.07) is 0.0897. The summed E-state index contributed by atoms with van der Waals surface area (Å²) in [5, 5.41) is 0. The third-order valence-electron chi connectivity index (χ3n) is 2.24. The summed E-state index contributed by atoms with van der Waals surface area (Å²) in [6.07, 6.45) is 9.68. The van der Waals surface area contributed by atoms with E-state index in [0.29, 0.717) is 0 Å². The van der Waals surface area contributed by atoms with Gasteiger partial charge < -0.3 is 10.7 Å². The molecule has 0 spiro atoms. The lowest BCUT2D eigenvalue weighted by Crippen LogP contribution is -2.11. The van der Waals surface area contributed by atoms with Gasteiger partial charge >= 0.3 is 0 Å². The molecule has 1 heterocycles. The molecule has 0 saturated carbocycles. The van der Waals surface area contributed by atoms with E-state index in [-0.39, 0.29) is 6.04 Å². The van der Waals surface area contributed by atoms with Crippen LogP contribution in [0.4, 0.5) is 0 Å². The highest BCUT2D eigenvalue weighted by molar-refractivity contribution is 4.93. The number of hydrogen-bond donors (Lipinski definition) is 2. The maximum absolute atomic E-state index is 5.93. The fraction of sp³-hybridized carbons (Fsp3) is 0.700. The topological polar surface area (TPSA) is 54.7 Å². The molecule has 1 atom stereocenters. The predicted octanol–water partition coefficient (Wildman–Crippen LogP) is 2.38. The van der Waals surface area contributed by atoms with Crippen LogP contribution in [-0.2, 0) is 0 Å². The molecule has 1 rings (SSSR count). The molecule has 0 aliphatic carbocycles. The van der Waals surface area contributed by atoms with Gasteiger partial charge in [-0.15, -0.1) is 0 Å². The molecule has 1 aromatic heterocycles. The average molecular weight is 181 g/mol. The summed E-state index contributed by atoms with van der Waals surface area (Å²) in [5.74, 6) is 0.913. The zero-order valence-corrected chi connectivity index (χ0v) is 8.29. The van der Waals surface area contributed by atoms with Gasteiger partial charge in [-0.25, -0.2) is 4.98 Å². The van der Waals surface area contributed by atoms with Crippen molar-refractivity contribution in [1.29, 1.82) is 0 Å². The fourth-order valence-corrected chi connectivity index (χ4v) is 1.41. The predicted molar refractivity (Wildman–Crippen MR) is 54.3 cm³/mol. The summed E-state index contributed by atoms with van der Waals surface area (Å²) >= 11 is 0. The molecule has 74 valence electrons. The van der Waals surface area contributed by atoms with Gasteiger partial charge in [0.2, 0.25) is 0 Å². The zero-order valence-electron chi connectivity index (χ0n) is 8.29. The van der Waals surface area contributed by atoms with Crippen molar-refractivity contribution < 1.29 is 0 Å². The molecule has 13 heavy (non-hydrogen) atoms. The number of aromatic nitrogens is 2. The second kappa shape index (κ2) is 5.75. The Morgan fingerprint density at radius 2 is 2.31 bits per heavy atom. The van der Waals surface area contributed by atoms with Crippen molar-refractivity contribution in [3.8, 4) is 0 Å². The van der Waals surface area contributed by atoms with Gasteiger partial charge in [-0.1, -0.05) is 32.6 Å². The summed E-state index contributed by atoms with van der Waals surface area (Å²) in [4.78, 5) is 7.18. The maximum atomic E-state index is 5.93. The normalized spacial score (nSPS) is 13.1. The number of aromatic amines is 1. The molecule has 0 aromatic carbocycles. The lowest BCUT2D eigenvalue weighted by atomic mass is 10.1. The van der Waals surface area contributed by atoms with Crippen LogP contribution in [0.15, 0.2) is 12.4 Å². The van der Waals surface area contributed by atoms with Crippen molar-refractivity contribution in [2.24, 2.45) is 5.73 Å². The van der Waals surface area contributed by atoms with Gasteiger partial charge in [0.25, 0.3) is 0 Å². The number of hydrogen-bond acceptors (Lipinski definition) is 2. The van der Waals surface area contributed by atoms with Crippen LogP contribution in [0.2, 0.25) is 0 Å². The summed E-state index contributed by atoms with van der Waals surface area (Å²) < 4.78 is 0. The van der Waals surface area contributed by atoms with Crippen LogP contribution in [0.5, 0.6) is 0 Å². The zero-order chi connectivity index (χ0) is 9.52. The van der Waals surface area contributed by atoms with E-state index in [1.165, 1.54) is 25.7 Å². The number of unbranched alkanes of at least 4 members (excludes halogenated alkanes) is 3. The van der Waals surface area contributed by atoms with E-state index in [9.17, 15) is 0 Å². The molecule has 0 fully saturated rings. The first-order valence-corrected chi connectivity index (χ1v) is 5.09. The Morgan fingerprint density at radius 3 is 2.92 bits per heavy atom. The van der Waals surface area contributed by atoms with Crippen molar-refractivity contribution in [2.75, 3.05) is 0 Å². The van der Waals surface area contributed by atoms with Crippen molar-refractivity contribution in [1.82, 2.24) is 9.97 Å². The maximum Gasteiger partial charge on any atom is 0.123 e. The van der Waals surface area contributed by atoms with E-state index < -0.39 is 0 Å². The van der Waals surface area contributed by atoms with E-state index in [2.05, 4.69) is 16.9 Å². The van der Waals surface area contributed by atoms with Gasteiger partial charge in [0.05, 0.1) is 6.04 Å². The largest absolute Gasteiger partial charge is 0.347 e. The first-order chi connectivity index (χ1) is 6.34. The van der Waals surface area contributed by atoms with Crippen molar-refractivity contribution in [2.45, 2.75) is 45.1 Å². The minimum atomic E-state index is 0.0897. The molecule has 1 aromatic rings. The van der Waals surface area contributed by atoms with Crippen molar-refractivity contribution >= 4 is 0 Å². The van der Waals surface area contributed by atoms with Crippen LogP contribution in [0.25, 0.3) is 0 Å². The Morgan fingerprint density at radius 1 is 1.46 bits per heavy atom. The molecule has 0 bridgehead atoms. The summed E-state index contributed by atoms with van der Waals surface area (Å²) in [7, 11) is 0. The Hall–Kier alpha value is -0.830. The van der Waals surface area contributed by atoms with Crippen LogP contribution < -0.4 is 5.73 Å². The highest BCUT2D eigenvalue weighted by Gasteiger charge is 2.06. The van der Waals surface area contributed by atoms with E-state index >= 15 is 0 Å². The number of rotatable bonds is 6. The lowest BCUT2D eigenvalue weighted by molar-refractivity contribution is 0.550. The molecular weight excluding hydrogens is 162 g/mol. The average Bonchev–Trinajstić information content (AvgIpc) is 2.65. The Kier molecular flexibility index (Phi) is 4.54. The third kappa shape index (κ3) is 3.59. The molecular formula is C10H19N3. The van der Waals surface area contributed by atoms with Crippen LogP contribution in [0.3, 0.4) is 0 Å². The molecule has 0 radical (unpaired) electrons. The van der Waals surface area contributed by atoms with Crippen LogP contribution in [-0.4, -0.2) is 9.97 Å². The highest BCUT2D eigenvalue weighted by atomic mass is 14.9. The molecule has 3 heteroatoms. The summed E-state index contributed by atoms with van der Waals surface area (Å²) in [5.41, 5.74) is 5.93. The number of nitrogens with two attached hydrogens (primary N) is 1. The van der Waals surface area contributed by atoms with Crippen LogP contribution in [0, 0.1) is 0 Å². The molecule has 1 unspecified atom stereocenters. The van der Waals surface area contributed by atoms with Crippen molar-refractivity contribution in [3.63, 3.8) is 0 Å². The highest BCUT2D eigenvalue weighted by Crippen LogP contribution is 2.13.